The van der Waals surface area contributed by atoms with Crippen LogP contribution in [0.1, 0.15) is 21.7 Å². The zero-order valence-corrected chi connectivity index (χ0v) is 15.4. The van der Waals surface area contributed by atoms with Crippen molar-refractivity contribution in [2.24, 2.45) is 0 Å². The van der Waals surface area contributed by atoms with E-state index in [9.17, 15) is 9.59 Å². The Balaban J connectivity index is 1.79. The van der Waals surface area contributed by atoms with Crippen molar-refractivity contribution in [3.05, 3.63) is 82.6 Å². The predicted octanol–water partition coefficient (Wildman–Crippen LogP) is 3.62. The molecule has 2 aromatic carbocycles. The van der Waals surface area contributed by atoms with Gasteiger partial charge in [0.05, 0.1) is 10.6 Å². The van der Waals surface area contributed by atoms with Gasteiger partial charge < -0.3 is 15.2 Å². The molecule has 0 aliphatic rings. The molecule has 2 N–H and O–H groups in total. The summed E-state index contributed by atoms with van der Waals surface area (Å²) in [6.45, 7) is 1.73. The van der Waals surface area contributed by atoms with Gasteiger partial charge in [-0.05, 0) is 24.6 Å². The maximum Gasteiger partial charge on any atom is 0.253 e. The first-order valence-corrected chi connectivity index (χ1v) is 8.74. The van der Waals surface area contributed by atoms with Gasteiger partial charge in [0, 0.05) is 12.5 Å². The van der Waals surface area contributed by atoms with E-state index >= 15 is 0 Å². The molecule has 0 bridgehead atoms. The molecule has 0 fully saturated rings. The highest BCUT2D eigenvalue weighted by atomic mass is 35.5. The lowest BCUT2D eigenvalue weighted by atomic mass is 10.0. The molecular formula is C20H18ClN3O3. The maximum absolute atomic E-state index is 12.7. The fourth-order valence-electron chi connectivity index (χ4n) is 2.58. The minimum Gasteiger partial charge on any atom is -0.360 e. The topological polar surface area (TPSA) is 84.2 Å². The molecule has 1 unspecified atom stereocenters. The highest BCUT2D eigenvalue weighted by molar-refractivity contribution is 6.33. The molecule has 3 aromatic rings. The Morgan fingerprint density at radius 2 is 1.81 bits per heavy atom. The number of hydrogen-bond donors (Lipinski definition) is 2. The molecular weight excluding hydrogens is 366 g/mol. The normalized spacial score (nSPS) is 11.6. The van der Waals surface area contributed by atoms with E-state index in [4.69, 9.17) is 16.1 Å². The first kappa shape index (κ1) is 18.7. The van der Waals surface area contributed by atoms with Gasteiger partial charge in [-0.1, -0.05) is 59.2 Å². The van der Waals surface area contributed by atoms with E-state index in [-0.39, 0.29) is 0 Å². The number of benzene rings is 2. The number of aromatic nitrogens is 1. The largest absolute Gasteiger partial charge is 0.360 e. The summed E-state index contributed by atoms with van der Waals surface area (Å²) >= 11 is 6.09. The Hall–Kier alpha value is -3.12. The molecule has 0 radical (unpaired) electrons. The number of rotatable bonds is 6. The summed E-state index contributed by atoms with van der Waals surface area (Å²) in [6, 6.07) is 16.9. The molecule has 138 valence electrons. The van der Waals surface area contributed by atoms with Crippen molar-refractivity contribution in [2.45, 2.75) is 19.4 Å². The van der Waals surface area contributed by atoms with Crippen LogP contribution in [0.5, 0.6) is 0 Å². The summed E-state index contributed by atoms with van der Waals surface area (Å²) in [5.74, 6) is 0.0492. The molecule has 27 heavy (non-hydrogen) atoms. The molecule has 0 spiro atoms. The second-order valence-corrected chi connectivity index (χ2v) is 6.41. The number of nitrogens with zero attached hydrogens (tertiary/aromatic N) is 1. The minimum atomic E-state index is -0.812. The van der Waals surface area contributed by atoms with Gasteiger partial charge in [-0.15, -0.1) is 0 Å². The maximum atomic E-state index is 12.7. The summed E-state index contributed by atoms with van der Waals surface area (Å²) in [7, 11) is 0. The molecule has 0 saturated heterocycles. The third-order valence-corrected chi connectivity index (χ3v) is 4.23. The van der Waals surface area contributed by atoms with Crippen molar-refractivity contribution in [3.8, 4) is 0 Å². The van der Waals surface area contributed by atoms with E-state index < -0.39 is 17.9 Å². The fraction of sp³-hybridized carbons (Fsp3) is 0.150. The summed E-state index contributed by atoms with van der Waals surface area (Å²) in [5, 5.41) is 9.49. The van der Waals surface area contributed by atoms with Crippen LogP contribution < -0.4 is 10.6 Å². The van der Waals surface area contributed by atoms with Gasteiger partial charge in [0.1, 0.15) is 11.8 Å². The number of hydrogen-bond acceptors (Lipinski definition) is 4. The van der Waals surface area contributed by atoms with Crippen LogP contribution in [-0.4, -0.2) is 23.0 Å². The van der Waals surface area contributed by atoms with Crippen molar-refractivity contribution < 1.29 is 14.1 Å². The molecule has 1 heterocycles. The minimum absolute atomic E-state index is 0.294. The van der Waals surface area contributed by atoms with Crippen LogP contribution in [0.2, 0.25) is 5.02 Å². The number of amides is 2. The van der Waals surface area contributed by atoms with Gasteiger partial charge in [-0.3, -0.25) is 9.59 Å². The van der Waals surface area contributed by atoms with Crippen molar-refractivity contribution in [1.29, 1.82) is 0 Å². The van der Waals surface area contributed by atoms with Gasteiger partial charge in [0.2, 0.25) is 5.91 Å². The lowest BCUT2D eigenvalue weighted by molar-refractivity contribution is -0.118. The van der Waals surface area contributed by atoms with Crippen molar-refractivity contribution in [2.75, 3.05) is 5.32 Å². The first-order valence-electron chi connectivity index (χ1n) is 8.36. The van der Waals surface area contributed by atoms with E-state index in [0.29, 0.717) is 28.6 Å². The standard InChI is InChI=1S/C20H18ClN3O3/c1-13-11-18(24-27-13)23-20(26)17(12-14-7-3-2-4-8-14)22-19(25)15-9-5-6-10-16(15)21/h2-11,17H,12H2,1H3,(H,22,25)(H,23,24,26). The average molecular weight is 384 g/mol. The first-order chi connectivity index (χ1) is 13.0. The molecule has 6 nitrogen and oxygen atoms in total. The summed E-state index contributed by atoms with van der Waals surface area (Å²) < 4.78 is 4.96. The van der Waals surface area contributed by atoms with Crippen LogP contribution in [0.25, 0.3) is 0 Å². The lowest BCUT2D eigenvalue weighted by Gasteiger charge is -2.18. The monoisotopic (exact) mass is 383 g/mol. The van der Waals surface area contributed by atoms with E-state index in [1.165, 1.54) is 0 Å². The molecule has 7 heteroatoms. The van der Waals surface area contributed by atoms with Crippen molar-refractivity contribution in [3.63, 3.8) is 0 Å². The zero-order valence-electron chi connectivity index (χ0n) is 14.6. The summed E-state index contributed by atoms with van der Waals surface area (Å²) in [6.07, 6.45) is 0.319. The van der Waals surface area contributed by atoms with Gasteiger partial charge in [0.25, 0.3) is 5.91 Å². The second-order valence-electron chi connectivity index (χ2n) is 6.01. The van der Waals surface area contributed by atoms with Crippen molar-refractivity contribution >= 4 is 29.2 Å². The molecule has 2 amide bonds. The zero-order chi connectivity index (χ0) is 19.2. The molecule has 0 aliphatic heterocycles. The predicted molar refractivity (Wildman–Crippen MR) is 103 cm³/mol. The quantitative estimate of drug-likeness (QED) is 0.681. The SMILES string of the molecule is Cc1cc(NC(=O)C(Cc2ccccc2)NC(=O)c2ccccc2Cl)no1. The van der Waals surface area contributed by atoms with Gasteiger partial charge in [0.15, 0.2) is 5.82 Å². The molecule has 1 aromatic heterocycles. The fourth-order valence-corrected chi connectivity index (χ4v) is 2.80. The van der Waals surface area contributed by atoms with E-state index in [2.05, 4.69) is 15.8 Å². The number of anilines is 1. The molecule has 0 saturated carbocycles. The number of aryl methyl sites for hydroxylation is 1. The van der Waals surface area contributed by atoms with Crippen LogP contribution in [-0.2, 0) is 11.2 Å². The number of carbonyl (C=O) groups is 2. The van der Waals surface area contributed by atoms with E-state index in [0.717, 1.165) is 5.56 Å². The van der Waals surface area contributed by atoms with Crippen molar-refractivity contribution in [1.82, 2.24) is 10.5 Å². The third kappa shape index (κ3) is 4.95. The van der Waals surface area contributed by atoms with Crippen LogP contribution in [0, 0.1) is 6.92 Å². The van der Waals surface area contributed by atoms with E-state index in [1.54, 1.807) is 37.3 Å². The van der Waals surface area contributed by atoms with Gasteiger partial charge in [-0.2, -0.15) is 0 Å². The Labute approximate surface area is 161 Å². The number of carbonyl (C=O) groups excluding carboxylic acids is 2. The van der Waals surface area contributed by atoms with Gasteiger partial charge in [-0.25, -0.2) is 0 Å². The summed E-state index contributed by atoms with van der Waals surface area (Å²) in [4.78, 5) is 25.4. The third-order valence-electron chi connectivity index (χ3n) is 3.90. The second kappa shape index (κ2) is 8.51. The molecule has 1 atom stereocenters. The Bertz CT molecular complexity index is 940. The van der Waals surface area contributed by atoms with Gasteiger partial charge >= 0.3 is 0 Å². The summed E-state index contributed by atoms with van der Waals surface area (Å²) in [5.41, 5.74) is 1.22. The van der Waals surface area contributed by atoms with Crippen LogP contribution in [0.15, 0.2) is 65.2 Å². The highest BCUT2D eigenvalue weighted by Gasteiger charge is 2.23. The Morgan fingerprint density at radius 1 is 1.11 bits per heavy atom. The molecule has 3 rings (SSSR count). The van der Waals surface area contributed by atoms with Crippen LogP contribution in [0.4, 0.5) is 5.82 Å². The van der Waals surface area contributed by atoms with Crippen LogP contribution >= 0.6 is 11.6 Å². The Kier molecular flexibility index (Phi) is 5.88. The van der Waals surface area contributed by atoms with E-state index in [1.807, 2.05) is 30.3 Å². The molecule has 0 aliphatic carbocycles. The lowest BCUT2D eigenvalue weighted by Crippen LogP contribution is -2.45. The average Bonchev–Trinajstić information content (AvgIpc) is 3.07. The number of nitrogens with one attached hydrogen (secondary N) is 2. The highest BCUT2D eigenvalue weighted by Crippen LogP contribution is 2.16. The Morgan fingerprint density at radius 3 is 2.48 bits per heavy atom. The number of halogens is 1. The van der Waals surface area contributed by atoms with Crippen LogP contribution in [0.3, 0.4) is 0 Å². The smallest absolute Gasteiger partial charge is 0.253 e.